The number of aliphatic hydroxyl groups excluding tert-OH is 1. The first-order valence-corrected chi connectivity index (χ1v) is 5.17. The second-order valence-electron chi connectivity index (χ2n) is 3.50. The van der Waals surface area contributed by atoms with Gasteiger partial charge in [0.25, 0.3) is 0 Å². The zero-order valence-corrected chi connectivity index (χ0v) is 8.26. The lowest BCUT2D eigenvalue weighted by Gasteiger charge is -2.06. The summed E-state index contributed by atoms with van der Waals surface area (Å²) in [4.78, 5) is 0. The minimum absolute atomic E-state index is 0.0103. The first kappa shape index (κ1) is 11.9. The van der Waals surface area contributed by atoms with E-state index >= 15 is 0 Å². The van der Waals surface area contributed by atoms with E-state index in [0.717, 1.165) is 6.42 Å². The van der Waals surface area contributed by atoms with Crippen LogP contribution in [0.5, 0.6) is 0 Å². The maximum absolute atomic E-state index is 8.65. The highest BCUT2D eigenvalue weighted by Gasteiger charge is 1.98. The second-order valence-corrected chi connectivity index (χ2v) is 3.50. The third-order valence-electron chi connectivity index (χ3n) is 2.16. The summed E-state index contributed by atoms with van der Waals surface area (Å²) in [6.45, 7) is 2.36. The summed E-state index contributed by atoms with van der Waals surface area (Å²) in [5.41, 5.74) is 5.56. The number of unbranched alkanes of at least 4 members (excludes halogenated alkanes) is 5. The van der Waals surface area contributed by atoms with Crippen LogP contribution >= 0.6 is 0 Å². The molecule has 0 spiro atoms. The molecular weight excluding hydrogens is 150 g/mol. The van der Waals surface area contributed by atoms with Crippen molar-refractivity contribution in [1.82, 2.24) is 0 Å². The Morgan fingerprint density at radius 2 is 1.67 bits per heavy atom. The Hall–Kier alpha value is -0.0800. The van der Waals surface area contributed by atoms with Crippen molar-refractivity contribution in [2.45, 2.75) is 57.9 Å². The van der Waals surface area contributed by atoms with Gasteiger partial charge in [0, 0.05) is 6.04 Å². The van der Waals surface area contributed by atoms with Crippen molar-refractivity contribution in [1.29, 1.82) is 0 Å². The summed E-state index contributed by atoms with van der Waals surface area (Å²) in [7, 11) is 0. The number of hydrogen-bond acceptors (Lipinski definition) is 2. The van der Waals surface area contributed by atoms with Gasteiger partial charge >= 0.3 is 0 Å². The third-order valence-corrected chi connectivity index (χ3v) is 2.16. The molecule has 0 aromatic rings. The van der Waals surface area contributed by atoms with Gasteiger partial charge in [-0.2, -0.15) is 0 Å². The van der Waals surface area contributed by atoms with Crippen molar-refractivity contribution in [2.75, 3.05) is 6.61 Å². The molecule has 12 heavy (non-hydrogen) atoms. The van der Waals surface area contributed by atoms with Crippen LogP contribution in [0.2, 0.25) is 0 Å². The lowest BCUT2D eigenvalue weighted by molar-refractivity contribution is 0.257. The van der Waals surface area contributed by atoms with E-state index in [4.69, 9.17) is 10.8 Å². The third kappa shape index (κ3) is 8.02. The van der Waals surface area contributed by atoms with Crippen molar-refractivity contribution in [3.8, 4) is 0 Å². The Morgan fingerprint density at radius 3 is 2.25 bits per heavy atom. The fourth-order valence-corrected chi connectivity index (χ4v) is 1.28. The van der Waals surface area contributed by atoms with Gasteiger partial charge in [-0.3, -0.25) is 0 Å². The maximum Gasteiger partial charge on any atom is 0.0582 e. The quantitative estimate of drug-likeness (QED) is 0.552. The van der Waals surface area contributed by atoms with Gasteiger partial charge < -0.3 is 10.8 Å². The molecule has 0 amide bonds. The van der Waals surface area contributed by atoms with Crippen LogP contribution in [0, 0.1) is 0 Å². The molecule has 2 nitrogen and oxygen atoms in total. The van der Waals surface area contributed by atoms with Gasteiger partial charge in [-0.25, -0.2) is 0 Å². The summed E-state index contributed by atoms with van der Waals surface area (Å²) in [6, 6.07) is 0.0103. The van der Waals surface area contributed by atoms with Gasteiger partial charge in [-0.15, -0.1) is 0 Å². The molecule has 74 valence electrons. The molecule has 1 atom stereocenters. The van der Waals surface area contributed by atoms with Crippen LogP contribution in [0.1, 0.15) is 51.9 Å². The second kappa shape index (κ2) is 9.01. The summed E-state index contributed by atoms with van der Waals surface area (Å²) in [5.74, 6) is 0. The van der Waals surface area contributed by atoms with Crippen molar-refractivity contribution in [3.63, 3.8) is 0 Å². The van der Waals surface area contributed by atoms with E-state index in [1.807, 2.05) is 0 Å². The molecule has 0 bridgehead atoms. The highest BCUT2D eigenvalue weighted by Crippen LogP contribution is 2.07. The number of rotatable bonds is 8. The van der Waals surface area contributed by atoms with E-state index < -0.39 is 0 Å². The fourth-order valence-electron chi connectivity index (χ4n) is 1.28. The van der Waals surface area contributed by atoms with E-state index in [-0.39, 0.29) is 12.6 Å². The van der Waals surface area contributed by atoms with Gasteiger partial charge in [-0.1, -0.05) is 45.4 Å². The molecule has 0 aromatic heterocycles. The van der Waals surface area contributed by atoms with Crippen molar-refractivity contribution < 1.29 is 5.11 Å². The van der Waals surface area contributed by atoms with Gasteiger partial charge in [0.2, 0.25) is 0 Å². The van der Waals surface area contributed by atoms with Crippen LogP contribution < -0.4 is 5.73 Å². The molecule has 1 unspecified atom stereocenters. The van der Waals surface area contributed by atoms with Crippen molar-refractivity contribution >= 4 is 0 Å². The van der Waals surface area contributed by atoms with Gasteiger partial charge in [-0.05, 0) is 6.42 Å². The minimum Gasteiger partial charge on any atom is -0.395 e. The SMILES string of the molecule is CCCCCCCCC(N)CO. The monoisotopic (exact) mass is 173 g/mol. The van der Waals surface area contributed by atoms with E-state index in [1.54, 1.807) is 0 Å². The Labute approximate surface area is 76.2 Å². The standard InChI is InChI=1S/C10H23NO/c1-2-3-4-5-6-7-8-10(11)9-12/h10,12H,2-9,11H2,1H3. The largest absolute Gasteiger partial charge is 0.395 e. The zero-order chi connectivity index (χ0) is 9.23. The van der Waals surface area contributed by atoms with Gasteiger partial charge in [0.05, 0.1) is 6.61 Å². The van der Waals surface area contributed by atoms with Crippen LogP contribution in [0.4, 0.5) is 0 Å². The Bertz CT molecular complexity index is 85.9. The predicted molar refractivity (Wildman–Crippen MR) is 53.1 cm³/mol. The van der Waals surface area contributed by atoms with E-state index in [2.05, 4.69) is 6.92 Å². The Kier molecular flexibility index (Phi) is 8.95. The van der Waals surface area contributed by atoms with Crippen LogP contribution in [-0.2, 0) is 0 Å². The predicted octanol–water partition coefficient (Wildman–Crippen LogP) is 2.06. The molecule has 0 rings (SSSR count). The maximum atomic E-state index is 8.65. The first-order chi connectivity index (χ1) is 5.81. The van der Waals surface area contributed by atoms with E-state index in [0.29, 0.717) is 0 Å². The molecule has 3 N–H and O–H groups in total. The Morgan fingerprint density at radius 1 is 1.08 bits per heavy atom. The molecule has 0 saturated heterocycles. The minimum atomic E-state index is 0.0103. The smallest absolute Gasteiger partial charge is 0.0582 e. The summed E-state index contributed by atoms with van der Waals surface area (Å²) in [6.07, 6.45) is 8.75. The highest BCUT2D eigenvalue weighted by molar-refractivity contribution is 4.58. The number of hydrogen-bond donors (Lipinski definition) is 2. The topological polar surface area (TPSA) is 46.2 Å². The zero-order valence-electron chi connectivity index (χ0n) is 8.26. The highest BCUT2D eigenvalue weighted by atomic mass is 16.3. The van der Waals surface area contributed by atoms with E-state index in [9.17, 15) is 0 Å². The van der Waals surface area contributed by atoms with Gasteiger partial charge in [0.1, 0.15) is 0 Å². The molecule has 2 heteroatoms. The van der Waals surface area contributed by atoms with E-state index in [1.165, 1.54) is 38.5 Å². The molecule has 0 heterocycles. The average Bonchev–Trinajstić information content (AvgIpc) is 2.10. The lowest BCUT2D eigenvalue weighted by atomic mass is 10.1. The Balaban J connectivity index is 2.90. The van der Waals surface area contributed by atoms with Crippen LogP contribution in [0.25, 0.3) is 0 Å². The van der Waals surface area contributed by atoms with Crippen LogP contribution in [0.15, 0.2) is 0 Å². The van der Waals surface area contributed by atoms with Crippen LogP contribution in [-0.4, -0.2) is 17.8 Å². The molecule has 0 aliphatic heterocycles. The van der Waals surface area contributed by atoms with Crippen molar-refractivity contribution in [2.24, 2.45) is 5.73 Å². The summed E-state index contributed by atoms with van der Waals surface area (Å²) >= 11 is 0. The molecule has 0 aliphatic carbocycles. The molecule has 0 fully saturated rings. The molecule has 0 saturated carbocycles. The molecule has 0 aromatic carbocycles. The summed E-state index contributed by atoms with van der Waals surface area (Å²) < 4.78 is 0. The summed E-state index contributed by atoms with van der Waals surface area (Å²) in [5, 5.41) is 8.65. The van der Waals surface area contributed by atoms with Crippen LogP contribution in [0.3, 0.4) is 0 Å². The normalized spacial score (nSPS) is 13.2. The lowest BCUT2D eigenvalue weighted by Crippen LogP contribution is -2.23. The first-order valence-electron chi connectivity index (χ1n) is 5.17. The number of aliphatic hydroxyl groups is 1. The van der Waals surface area contributed by atoms with Gasteiger partial charge in [0.15, 0.2) is 0 Å². The number of nitrogens with two attached hydrogens (primary N) is 1. The fraction of sp³-hybridized carbons (Fsp3) is 1.00. The molecule has 0 aliphatic rings. The molecule has 0 radical (unpaired) electrons. The van der Waals surface area contributed by atoms with Crippen molar-refractivity contribution in [3.05, 3.63) is 0 Å². The average molecular weight is 173 g/mol. The molecular formula is C10H23NO.